The van der Waals surface area contributed by atoms with Crippen LogP contribution in [0.15, 0.2) is 87.8 Å². The summed E-state index contributed by atoms with van der Waals surface area (Å²) in [4.78, 5) is 32.2. The Labute approximate surface area is 265 Å². The SMILES string of the molecule is CCOC(=O)C1=C(C)N=c2s/c(=C/c3ccc(OCCOc4cccc(C)c4)c(OCC)c3)c(=O)n2[C@H]1c1ccc(OC)cc1. The fraction of sp³-hybridized carbons (Fsp3) is 0.286. The Kier molecular flexibility index (Phi) is 10.0. The first-order valence-electron chi connectivity index (χ1n) is 14.8. The van der Waals surface area contributed by atoms with E-state index in [1.165, 1.54) is 11.3 Å². The van der Waals surface area contributed by atoms with Crippen molar-refractivity contribution in [2.75, 3.05) is 33.5 Å². The first-order valence-corrected chi connectivity index (χ1v) is 15.6. The van der Waals surface area contributed by atoms with Crippen LogP contribution in [0.3, 0.4) is 0 Å². The first-order chi connectivity index (χ1) is 21.8. The summed E-state index contributed by atoms with van der Waals surface area (Å²) < 4.78 is 30.4. The zero-order valence-electron chi connectivity index (χ0n) is 26.0. The van der Waals surface area contributed by atoms with Gasteiger partial charge < -0.3 is 23.7 Å². The first kappa shape index (κ1) is 31.6. The largest absolute Gasteiger partial charge is 0.497 e. The molecule has 0 saturated carbocycles. The summed E-state index contributed by atoms with van der Waals surface area (Å²) in [6, 6.07) is 20.0. The lowest BCUT2D eigenvalue weighted by Gasteiger charge is -2.24. The number of hydrogen-bond acceptors (Lipinski definition) is 9. The highest BCUT2D eigenvalue weighted by Gasteiger charge is 2.33. The predicted molar refractivity (Wildman–Crippen MR) is 173 cm³/mol. The third-order valence-corrected chi connectivity index (χ3v) is 8.10. The molecule has 0 amide bonds. The summed E-state index contributed by atoms with van der Waals surface area (Å²) in [7, 11) is 1.59. The number of hydrogen-bond donors (Lipinski definition) is 0. The van der Waals surface area contributed by atoms with Gasteiger partial charge in [0.05, 0.1) is 42.2 Å². The molecule has 3 aromatic carbocycles. The van der Waals surface area contributed by atoms with Gasteiger partial charge in [0.2, 0.25) is 0 Å². The Morgan fingerprint density at radius 3 is 2.40 bits per heavy atom. The zero-order chi connectivity index (χ0) is 31.9. The van der Waals surface area contributed by atoms with Crippen LogP contribution in [0.4, 0.5) is 0 Å². The smallest absolute Gasteiger partial charge is 0.338 e. The summed E-state index contributed by atoms with van der Waals surface area (Å²) in [5.41, 5.74) is 3.20. The Hall–Kier alpha value is -4.83. The average Bonchev–Trinajstić information content (AvgIpc) is 3.33. The van der Waals surface area contributed by atoms with E-state index in [0.29, 0.717) is 57.7 Å². The average molecular weight is 629 g/mol. The van der Waals surface area contributed by atoms with Crippen molar-refractivity contribution in [1.29, 1.82) is 0 Å². The van der Waals surface area contributed by atoms with Gasteiger partial charge in [0, 0.05) is 0 Å². The van der Waals surface area contributed by atoms with Crippen molar-refractivity contribution in [3.05, 3.63) is 114 Å². The number of carbonyl (C=O) groups excluding carboxylic acids is 1. The number of thiazole rings is 1. The maximum Gasteiger partial charge on any atom is 0.338 e. The third kappa shape index (κ3) is 7.12. The molecule has 5 rings (SSSR count). The predicted octanol–water partition coefficient (Wildman–Crippen LogP) is 4.97. The minimum Gasteiger partial charge on any atom is -0.497 e. The lowest BCUT2D eigenvalue weighted by Crippen LogP contribution is -2.39. The molecule has 1 aromatic heterocycles. The van der Waals surface area contributed by atoms with Gasteiger partial charge in [0.1, 0.15) is 24.7 Å². The standard InChI is InChI=1S/C35H36N2O7S/c1-6-41-29-20-24(11-16-28(29)44-18-17-43-27-10-8-9-22(3)19-27)21-30-33(38)37-32(25-12-14-26(40-5)15-13-25)31(34(39)42-7-2)23(4)36-35(37)45-30/h8-16,19-21,32H,6-7,17-18H2,1-5H3/b30-21+/t32-/m0/s1. The van der Waals surface area contributed by atoms with Crippen LogP contribution in [0, 0.1) is 6.92 Å². The monoisotopic (exact) mass is 628 g/mol. The molecule has 0 N–H and O–H groups in total. The Morgan fingerprint density at radius 1 is 0.911 bits per heavy atom. The molecular formula is C35H36N2O7S. The van der Waals surface area contributed by atoms with Crippen molar-refractivity contribution in [3.8, 4) is 23.0 Å². The molecule has 0 aliphatic carbocycles. The Bertz CT molecular complexity index is 1890. The summed E-state index contributed by atoms with van der Waals surface area (Å²) in [6.07, 6.45) is 1.80. The van der Waals surface area contributed by atoms with E-state index in [-0.39, 0.29) is 12.2 Å². The fourth-order valence-electron chi connectivity index (χ4n) is 5.06. The topological polar surface area (TPSA) is 97.6 Å². The Balaban J connectivity index is 1.46. The minimum absolute atomic E-state index is 0.205. The number of rotatable bonds is 12. The van der Waals surface area contributed by atoms with E-state index in [1.807, 2.05) is 68.4 Å². The molecule has 0 bridgehead atoms. The molecule has 0 saturated heterocycles. The number of aryl methyl sites for hydroxylation is 1. The van der Waals surface area contributed by atoms with Gasteiger partial charge >= 0.3 is 5.97 Å². The molecule has 0 fully saturated rings. The number of benzene rings is 3. The van der Waals surface area contributed by atoms with Crippen LogP contribution in [0.25, 0.3) is 6.08 Å². The van der Waals surface area contributed by atoms with Crippen LogP contribution in [0.2, 0.25) is 0 Å². The van der Waals surface area contributed by atoms with Crippen molar-refractivity contribution in [1.82, 2.24) is 4.57 Å². The molecule has 9 nitrogen and oxygen atoms in total. The number of aromatic nitrogens is 1. The van der Waals surface area contributed by atoms with Crippen molar-refractivity contribution in [2.24, 2.45) is 4.99 Å². The number of carbonyl (C=O) groups is 1. The summed E-state index contributed by atoms with van der Waals surface area (Å²) >= 11 is 1.26. The van der Waals surface area contributed by atoms with Crippen molar-refractivity contribution in [3.63, 3.8) is 0 Å². The van der Waals surface area contributed by atoms with E-state index in [9.17, 15) is 9.59 Å². The second-order valence-corrected chi connectivity index (χ2v) is 11.2. The number of ether oxygens (including phenoxy) is 5. The zero-order valence-corrected chi connectivity index (χ0v) is 26.8. The van der Waals surface area contributed by atoms with Gasteiger partial charge in [-0.05, 0) is 86.9 Å². The normalized spacial score (nSPS) is 14.4. The van der Waals surface area contributed by atoms with Crippen LogP contribution < -0.4 is 33.8 Å². The van der Waals surface area contributed by atoms with Crippen molar-refractivity contribution >= 4 is 23.4 Å². The third-order valence-electron chi connectivity index (χ3n) is 7.11. The number of allylic oxidation sites excluding steroid dienone is 1. The van der Waals surface area contributed by atoms with Gasteiger partial charge in [-0.1, -0.05) is 41.7 Å². The van der Waals surface area contributed by atoms with Gasteiger partial charge in [-0.25, -0.2) is 9.79 Å². The fourth-order valence-corrected chi connectivity index (χ4v) is 6.11. The van der Waals surface area contributed by atoms with E-state index >= 15 is 0 Å². The van der Waals surface area contributed by atoms with Crippen LogP contribution in [0.1, 0.15) is 43.5 Å². The van der Waals surface area contributed by atoms with E-state index in [1.54, 1.807) is 43.7 Å². The van der Waals surface area contributed by atoms with Crippen molar-refractivity contribution < 1.29 is 28.5 Å². The molecule has 45 heavy (non-hydrogen) atoms. The molecule has 234 valence electrons. The van der Waals surface area contributed by atoms with Gasteiger partial charge in [0.15, 0.2) is 16.3 Å². The highest BCUT2D eigenvalue weighted by molar-refractivity contribution is 7.07. The lowest BCUT2D eigenvalue weighted by atomic mass is 9.96. The molecule has 2 heterocycles. The molecule has 0 unspecified atom stereocenters. The molecule has 0 spiro atoms. The second-order valence-electron chi connectivity index (χ2n) is 10.2. The molecule has 4 aromatic rings. The quantitative estimate of drug-likeness (QED) is 0.161. The van der Waals surface area contributed by atoms with Gasteiger partial charge in [-0.15, -0.1) is 0 Å². The summed E-state index contributed by atoms with van der Waals surface area (Å²) in [5, 5.41) is 0. The molecule has 1 aliphatic heterocycles. The highest BCUT2D eigenvalue weighted by Crippen LogP contribution is 2.32. The number of nitrogens with zero attached hydrogens (tertiary/aromatic N) is 2. The van der Waals surface area contributed by atoms with Crippen LogP contribution in [-0.2, 0) is 9.53 Å². The summed E-state index contributed by atoms with van der Waals surface area (Å²) in [6.45, 7) is 8.79. The maximum atomic E-state index is 14.0. The number of esters is 1. The second kappa shape index (κ2) is 14.3. The van der Waals surface area contributed by atoms with Crippen LogP contribution >= 0.6 is 11.3 Å². The maximum absolute atomic E-state index is 14.0. The number of fused-ring (bicyclic) bond motifs is 1. The van der Waals surface area contributed by atoms with E-state index in [4.69, 9.17) is 23.7 Å². The lowest BCUT2D eigenvalue weighted by molar-refractivity contribution is -0.139. The number of methoxy groups -OCH3 is 1. The highest BCUT2D eigenvalue weighted by atomic mass is 32.1. The molecular weight excluding hydrogens is 592 g/mol. The van der Waals surface area contributed by atoms with Gasteiger partial charge in [-0.3, -0.25) is 9.36 Å². The van der Waals surface area contributed by atoms with Gasteiger partial charge in [0.25, 0.3) is 5.56 Å². The molecule has 1 aliphatic rings. The van der Waals surface area contributed by atoms with Crippen LogP contribution in [-0.4, -0.2) is 44.1 Å². The van der Waals surface area contributed by atoms with Crippen molar-refractivity contribution in [2.45, 2.75) is 33.7 Å². The Morgan fingerprint density at radius 2 is 1.69 bits per heavy atom. The molecule has 0 radical (unpaired) electrons. The van der Waals surface area contributed by atoms with E-state index < -0.39 is 12.0 Å². The van der Waals surface area contributed by atoms with Gasteiger partial charge in [-0.2, -0.15) is 0 Å². The molecule has 10 heteroatoms. The van der Waals surface area contributed by atoms with E-state index in [2.05, 4.69) is 4.99 Å². The minimum atomic E-state index is -0.704. The summed E-state index contributed by atoms with van der Waals surface area (Å²) in [5.74, 6) is 2.10. The van der Waals surface area contributed by atoms with E-state index in [0.717, 1.165) is 22.4 Å². The van der Waals surface area contributed by atoms with Crippen LogP contribution in [0.5, 0.6) is 23.0 Å². The molecule has 1 atom stereocenters.